The van der Waals surface area contributed by atoms with Crippen LogP contribution < -0.4 is 4.74 Å². The molecule has 102 valence electrons. The maximum absolute atomic E-state index is 13.0. The molecule has 0 N–H and O–H groups in total. The summed E-state index contributed by atoms with van der Waals surface area (Å²) in [7, 11) is 1.22. The fourth-order valence-corrected chi connectivity index (χ4v) is 2.45. The van der Waals surface area contributed by atoms with Crippen molar-refractivity contribution in [2.24, 2.45) is 5.92 Å². The minimum Gasteiger partial charge on any atom is -0.492 e. The van der Waals surface area contributed by atoms with E-state index in [1.165, 1.54) is 6.07 Å². The average molecular weight is 295 g/mol. The predicted octanol–water partition coefficient (Wildman–Crippen LogP) is 3.57. The van der Waals surface area contributed by atoms with Gasteiger partial charge in [0.25, 0.3) is 9.05 Å². The van der Waals surface area contributed by atoms with E-state index in [1.807, 2.05) is 0 Å². The van der Waals surface area contributed by atoms with Gasteiger partial charge in [-0.05, 0) is 37.0 Å². The van der Waals surface area contributed by atoms with E-state index in [0.717, 1.165) is 25.0 Å². The lowest BCUT2D eigenvalue weighted by Crippen LogP contribution is -2.03. The summed E-state index contributed by atoms with van der Waals surface area (Å²) in [6.07, 6.45) is 1.78. The van der Waals surface area contributed by atoms with Crippen LogP contribution in [0.3, 0.4) is 0 Å². The zero-order valence-corrected chi connectivity index (χ0v) is 11.9. The van der Waals surface area contributed by atoms with Gasteiger partial charge in [0.1, 0.15) is 16.5 Å². The predicted molar refractivity (Wildman–Crippen MR) is 69.0 cm³/mol. The Morgan fingerprint density at radius 2 is 2.06 bits per heavy atom. The summed E-state index contributed by atoms with van der Waals surface area (Å²) in [5.74, 6) is -0.0167. The van der Waals surface area contributed by atoms with Crippen LogP contribution in [0.1, 0.15) is 26.7 Å². The first-order valence-electron chi connectivity index (χ1n) is 5.67. The van der Waals surface area contributed by atoms with Gasteiger partial charge >= 0.3 is 0 Å². The second-order valence-corrected chi connectivity index (χ2v) is 6.95. The zero-order valence-electron chi connectivity index (χ0n) is 10.3. The van der Waals surface area contributed by atoms with Crippen LogP contribution in [0.25, 0.3) is 0 Å². The molecule has 0 spiro atoms. The molecule has 0 bridgehead atoms. The van der Waals surface area contributed by atoms with Gasteiger partial charge in [-0.3, -0.25) is 0 Å². The van der Waals surface area contributed by atoms with Gasteiger partial charge in [0.2, 0.25) is 0 Å². The van der Waals surface area contributed by atoms with Crippen LogP contribution in [0.15, 0.2) is 23.1 Å². The van der Waals surface area contributed by atoms with Gasteiger partial charge in [-0.15, -0.1) is 0 Å². The van der Waals surface area contributed by atoms with Crippen LogP contribution in [0, 0.1) is 11.7 Å². The van der Waals surface area contributed by atoms with E-state index in [9.17, 15) is 12.8 Å². The molecule has 0 fully saturated rings. The topological polar surface area (TPSA) is 43.4 Å². The van der Waals surface area contributed by atoms with Gasteiger partial charge < -0.3 is 4.74 Å². The number of ether oxygens (including phenoxy) is 1. The lowest BCUT2D eigenvalue weighted by molar-refractivity contribution is 0.290. The highest BCUT2D eigenvalue weighted by Gasteiger charge is 2.17. The Labute approximate surface area is 111 Å². The smallest absolute Gasteiger partial charge is 0.265 e. The molecule has 0 unspecified atom stereocenters. The van der Waals surface area contributed by atoms with Crippen LogP contribution in [0.5, 0.6) is 5.75 Å². The molecule has 1 aromatic rings. The number of hydrogen-bond donors (Lipinski definition) is 0. The zero-order chi connectivity index (χ0) is 13.8. The van der Waals surface area contributed by atoms with E-state index >= 15 is 0 Å². The molecule has 1 aromatic carbocycles. The summed E-state index contributed by atoms with van der Waals surface area (Å²) in [6.45, 7) is 4.56. The first-order chi connectivity index (χ1) is 8.30. The molecule has 0 aliphatic carbocycles. The van der Waals surface area contributed by atoms with Crippen molar-refractivity contribution in [3.05, 3.63) is 24.0 Å². The highest BCUT2D eigenvalue weighted by Crippen LogP contribution is 2.27. The lowest BCUT2D eigenvalue weighted by atomic mass is 10.1. The molecule has 0 saturated carbocycles. The van der Waals surface area contributed by atoms with Crippen molar-refractivity contribution >= 4 is 19.7 Å². The van der Waals surface area contributed by atoms with E-state index in [-0.39, 0.29) is 10.6 Å². The highest BCUT2D eigenvalue weighted by atomic mass is 35.7. The Kier molecular flexibility index (Phi) is 5.41. The van der Waals surface area contributed by atoms with Crippen molar-refractivity contribution in [2.45, 2.75) is 31.6 Å². The molecule has 0 heterocycles. The Hall–Kier alpha value is -0.810. The fourth-order valence-electron chi connectivity index (χ4n) is 1.47. The van der Waals surface area contributed by atoms with Crippen molar-refractivity contribution < 1.29 is 17.5 Å². The van der Waals surface area contributed by atoms with Gasteiger partial charge in [-0.2, -0.15) is 0 Å². The van der Waals surface area contributed by atoms with Crippen molar-refractivity contribution in [1.29, 1.82) is 0 Å². The van der Waals surface area contributed by atoms with E-state index in [4.69, 9.17) is 15.4 Å². The summed E-state index contributed by atoms with van der Waals surface area (Å²) in [6, 6.07) is 3.28. The molecule has 0 amide bonds. The maximum Gasteiger partial charge on any atom is 0.265 e. The minimum absolute atomic E-state index is 0.0927. The van der Waals surface area contributed by atoms with Crippen LogP contribution >= 0.6 is 10.7 Å². The fraction of sp³-hybridized carbons (Fsp3) is 0.500. The van der Waals surface area contributed by atoms with Crippen molar-refractivity contribution in [3.63, 3.8) is 0 Å². The average Bonchev–Trinajstić information content (AvgIpc) is 2.24. The molecule has 3 nitrogen and oxygen atoms in total. The molecule has 0 radical (unpaired) electrons. The number of hydrogen-bond acceptors (Lipinski definition) is 3. The molecule has 0 aromatic heterocycles. The summed E-state index contributed by atoms with van der Waals surface area (Å²) in [5.41, 5.74) is 0. The lowest BCUT2D eigenvalue weighted by Gasteiger charge is -2.10. The Bertz CT molecular complexity index is 500. The molecular formula is C12H16ClFO3S. The number of halogens is 2. The van der Waals surface area contributed by atoms with E-state index in [1.54, 1.807) is 0 Å². The van der Waals surface area contributed by atoms with E-state index < -0.39 is 14.9 Å². The van der Waals surface area contributed by atoms with E-state index in [0.29, 0.717) is 12.5 Å². The van der Waals surface area contributed by atoms with E-state index in [2.05, 4.69) is 13.8 Å². The van der Waals surface area contributed by atoms with Gasteiger partial charge in [-0.1, -0.05) is 13.8 Å². The van der Waals surface area contributed by atoms with Crippen molar-refractivity contribution in [2.75, 3.05) is 6.61 Å². The molecular weight excluding hydrogens is 279 g/mol. The monoisotopic (exact) mass is 294 g/mol. The van der Waals surface area contributed by atoms with Gasteiger partial charge in [0, 0.05) is 10.7 Å². The third-order valence-electron chi connectivity index (χ3n) is 2.35. The summed E-state index contributed by atoms with van der Waals surface area (Å²) >= 11 is 0. The first-order valence-corrected chi connectivity index (χ1v) is 7.98. The SMILES string of the molecule is CC(C)CCCOc1ccc(F)cc1S(=O)(=O)Cl. The number of benzene rings is 1. The highest BCUT2D eigenvalue weighted by molar-refractivity contribution is 8.13. The van der Waals surface area contributed by atoms with Crippen LogP contribution in [-0.2, 0) is 9.05 Å². The molecule has 0 atom stereocenters. The summed E-state index contributed by atoms with van der Waals surface area (Å²) in [5, 5.41) is 0. The van der Waals surface area contributed by atoms with Crippen LogP contribution in [0.2, 0.25) is 0 Å². The second-order valence-electron chi connectivity index (χ2n) is 4.41. The molecule has 18 heavy (non-hydrogen) atoms. The quantitative estimate of drug-likeness (QED) is 0.595. The third kappa shape index (κ3) is 4.82. The largest absolute Gasteiger partial charge is 0.492 e. The first kappa shape index (κ1) is 15.2. The van der Waals surface area contributed by atoms with Gasteiger partial charge in [0.15, 0.2) is 0 Å². The molecule has 0 aliphatic heterocycles. The Morgan fingerprint density at radius 3 is 2.61 bits per heavy atom. The van der Waals surface area contributed by atoms with Crippen molar-refractivity contribution in [3.8, 4) is 5.75 Å². The molecule has 6 heteroatoms. The van der Waals surface area contributed by atoms with Crippen LogP contribution in [0.4, 0.5) is 4.39 Å². The van der Waals surface area contributed by atoms with Crippen molar-refractivity contribution in [1.82, 2.24) is 0 Å². The molecule has 0 saturated heterocycles. The normalized spacial score (nSPS) is 11.8. The molecule has 1 rings (SSSR count). The second kappa shape index (κ2) is 6.38. The summed E-state index contributed by atoms with van der Waals surface area (Å²) in [4.78, 5) is -0.325. The Morgan fingerprint density at radius 1 is 1.39 bits per heavy atom. The summed E-state index contributed by atoms with van der Waals surface area (Å²) < 4.78 is 40.9. The van der Waals surface area contributed by atoms with Crippen LogP contribution in [-0.4, -0.2) is 15.0 Å². The van der Waals surface area contributed by atoms with Gasteiger partial charge in [0.05, 0.1) is 6.61 Å². The molecule has 0 aliphatic rings. The maximum atomic E-state index is 13.0. The van der Waals surface area contributed by atoms with Gasteiger partial charge in [-0.25, -0.2) is 12.8 Å². The minimum atomic E-state index is -4.00. The third-order valence-corrected chi connectivity index (χ3v) is 3.69. The number of rotatable bonds is 6. The Balaban J connectivity index is 2.77. The standard InChI is InChI=1S/C12H16ClFO3S/c1-9(2)4-3-7-17-11-6-5-10(14)8-12(11)18(13,15)16/h5-6,8-9H,3-4,7H2,1-2H3.